The Balaban J connectivity index is 2.47. The lowest BCUT2D eigenvalue weighted by Gasteiger charge is -2.07. The van der Waals surface area contributed by atoms with Gasteiger partial charge in [-0.05, 0) is 25.3 Å². The summed E-state index contributed by atoms with van der Waals surface area (Å²) in [5.74, 6) is 0.0607. The first-order chi connectivity index (χ1) is 7.59. The van der Waals surface area contributed by atoms with Gasteiger partial charge in [0.15, 0.2) is 0 Å². The molecule has 16 heavy (non-hydrogen) atoms. The zero-order chi connectivity index (χ0) is 12.0. The number of allylic oxidation sites excluding steroid dienone is 1. The summed E-state index contributed by atoms with van der Waals surface area (Å²) in [6.07, 6.45) is 3.64. The SMILES string of the molecule is C/C(=C/C(=O)N(C)C)CCc1ccccc1. The van der Waals surface area contributed by atoms with Crippen LogP contribution in [0.3, 0.4) is 0 Å². The van der Waals surface area contributed by atoms with Crippen molar-refractivity contribution in [1.82, 2.24) is 4.90 Å². The number of hydrogen-bond acceptors (Lipinski definition) is 1. The molecule has 2 nitrogen and oxygen atoms in total. The lowest BCUT2D eigenvalue weighted by molar-refractivity contribution is -0.123. The number of hydrogen-bond donors (Lipinski definition) is 0. The zero-order valence-electron chi connectivity index (χ0n) is 10.2. The van der Waals surface area contributed by atoms with Crippen LogP contribution < -0.4 is 0 Å². The van der Waals surface area contributed by atoms with E-state index in [1.54, 1.807) is 25.1 Å². The maximum absolute atomic E-state index is 11.4. The number of aryl methyl sites for hydroxylation is 1. The van der Waals surface area contributed by atoms with Gasteiger partial charge in [0, 0.05) is 20.2 Å². The van der Waals surface area contributed by atoms with Crippen molar-refractivity contribution in [2.75, 3.05) is 14.1 Å². The van der Waals surface area contributed by atoms with E-state index in [4.69, 9.17) is 0 Å². The number of benzene rings is 1. The highest BCUT2D eigenvalue weighted by atomic mass is 16.2. The average Bonchev–Trinajstić information content (AvgIpc) is 2.27. The smallest absolute Gasteiger partial charge is 0.245 e. The van der Waals surface area contributed by atoms with Crippen molar-refractivity contribution >= 4 is 5.91 Å². The van der Waals surface area contributed by atoms with Crippen LogP contribution in [0.2, 0.25) is 0 Å². The summed E-state index contributed by atoms with van der Waals surface area (Å²) >= 11 is 0. The molecule has 0 bridgehead atoms. The molecule has 1 amide bonds. The summed E-state index contributed by atoms with van der Waals surface area (Å²) in [6.45, 7) is 2.00. The lowest BCUT2D eigenvalue weighted by Crippen LogP contribution is -2.19. The third-order valence-corrected chi connectivity index (χ3v) is 2.46. The molecule has 0 saturated carbocycles. The Morgan fingerprint density at radius 1 is 1.25 bits per heavy atom. The Kier molecular flexibility index (Phi) is 4.77. The molecule has 2 heteroatoms. The molecule has 0 radical (unpaired) electrons. The summed E-state index contributed by atoms with van der Waals surface area (Å²) in [6, 6.07) is 10.3. The van der Waals surface area contributed by atoms with E-state index in [9.17, 15) is 4.79 Å². The van der Waals surface area contributed by atoms with E-state index in [1.807, 2.05) is 25.1 Å². The van der Waals surface area contributed by atoms with Crippen molar-refractivity contribution in [1.29, 1.82) is 0 Å². The van der Waals surface area contributed by atoms with Gasteiger partial charge in [-0.25, -0.2) is 0 Å². The topological polar surface area (TPSA) is 20.3 Å². The fourth-order valence-electron chi connectivity index (χ4n) is 1.40. The van der Waals surface area contributed by atoms with Gasteiger partial charge < -0.3 is 4.90 Å². The average molecular weight is 217 g/mol. The molecule has 0 saturated heterocycles. The van der Waals surface area contributed by atoms with E-state index in [0.717, 1.165) is 18.4 Å². The summed E-state index contributed by atoms with van der Waals surface area (Å²) < 4.78 is 0. The largest absolute Gasteiger partial charge is 0.345 e. The molecular formula is C14H19NO. The zero-order valence-corrected chi connectivity index (χ0v) is 10.2. The number of rotatable bonds is 4. The molecule has 1 aromatic carbocycles. The van der Waals surface area contributed by atoms with E-state index in [0.29, 0.717) is 0 Å². The molecule has 0 aliphatic rings. The van der Waals surface area contributed by atoms with Crippen LogP contribution in [0.4, 0.5) is 0 Å². The Bertz CT molecular complexity index is 366. The second-order valence-electron chi connectivity index (χ2n) is 4.21. The minimum Gasteiger partial charge on any atom is -0.345 e. The molecule has 0 heterocycles. The summed E-state index contributed by atoms with van der Waals surface area (Å²) in [5, 5.41) is 0. The van der Waals surface area contributed by atoms with Gasteiger partial charge in [0.1, 0.15) is 0 Å². The molecule has 86 valence electrons. The summed E-state index contributed by atoms with van der Waals surface area (Å²) in [5.41, 5.74) is 2.44. The van der Waals surface area contributed by atoms with Gasteiger partial charge >= 0.3 is 0 Å². The molecule has 0 atom stereocenters. The predicted octanol–water partition coefficient (Wildman–Crippen LogP) is 2.65. The van der Waals surface area contributed by atoms with Gasteiger partial charge in [-0.15, -0.1) is 0 Å². The Hall–Kier alpha value is -1.57. The lowest BCUT2D eigenvalue weighted by atomic mass is 10.1. The van der Waals surface area contributed by atoms with Gasteiger partial charge in [0.05, 0.1) is 0 Å². The van der Waals surface area contributed by atoms with Crippen molar-refractivity contribution < 1.29 is 4.79 Å². The molecule has 0 fully saturated rings. The minimum atomic E-state index is 0.0607. The van der Waals surface area contributed by atoms with Crippen LogP contribution in [0.15, 0.2) is 42.0 Å². The second-order valence-corrected chi connectivity index (χ2v) is 4.21. The van der Waals surface area contributed by atoms with Crippen LogP contribution >= 0.6 is 0 Å². The van der Waals surface area contributed by atoms with Gasteiger partial charge in [0.25, 0.3) is 0 Å². The van der Waals surface area contributed by atoms with Crippen LogP contribution in [0.1, 0.15) is 18.9 Å². The van der Waals surface area contributed by atoms with E-state index >= 15 is 0 Å². The molecule has 0 aliphatic carbocycles. The monoisotopic (exact) mass is 217 g/mol. The summed E-state index contributed by atoms with van der Waals surface area (Å²) in [7, 11) is 3.53. The predicted molar refractivity (Wildman–Crippen MR) is 67.2 cm³/mol. The van der Waals surface area contributed by atoms with Crippen LogP contribution in [-0.4, -0.2) is 24.9 Å². The first-order valence-electron chi connectivity index (χ1n) is 5.52. The molecular weight excluding hydrogens is 198 g/mol. The first-order valence-corrected chi connectivity index (χ1v) is 5.52. The first kappa shape index (κ1) is 12.5. The Morgan fingerprint density at radius 3 is 2.44 bits per heavy atom. The third-order valence-electron chi connectivity index (χ3n) is 2.46. The van der Waals surface area contributed by atoms with Crippen LogP contribution in [0.25, 0.3) is 0 Å². The number of carbonyl (C=O) groups is 1. The second kappa shape index (κ2) is 6.11. The number of likely N-dealkylation sites (N-methyl/N-ethyl adjacent to an activating group) is 1. The highest BCUT2D eigenvalue weighted by Gasteiger charge is 2.00. The van der Waals surface area contributed by atoms with Gasteiger partial charge in [-0.2, -0.15) is 0 Å². The molecule has 0 aromatic heterocycles. The van der Waals surface area contributed by atoms with Crippen LogP contribution in [-0.2, 0) is 11.2 Å². The quantitative estimate of drug-likeness (QED) is 0.710. The number of carbonyl (C=O) groups excluding carboxylic acids is 1. The minimum absolute atomic E-state index is 0.0607. The van der Waals surface area contributed by atoms with Crippen molar-refractivity contribution in [2.45, 2.75) is 19.8 Å². The van der Waals surface area contributed by atoms with Crippen molar-refractivity contribution in [3.05, 3.63) is 47.5 Å². The highest BCUT2D eigenvalue weighted by molar-refractivity contribution is 5.87. The van der Waals surface area contributed by atoms with Crippen molar-refractivity contribution in [3.8, 4) is 0 Å². The van der Waals surface area contributed by atoms with Crippen molar-refractivity contribution in [3.63, 3.8) is 0 Å². The molecule has 0 N–H and O–H groups in total. The molecule has 0 spiro atoms. The molecule has 1 aromatic rings. The van der Waals surface area contributed by atoms with E-state index < -0.39 is 0 Å². The molecule has 0 aliphatic heterocycles. The summed E-state index contributed by atoms with van der Waals surface area (Å²) in [4.78, 5) is 13.0. The number of amides is 1. The van der Waals surface area contributed by atoms with E-state index in [1.165, 1.54) is 5.56 Å². The maximum Gasteiger partial charge on any atom is 0.245 e. The van der Waals surface area contributed by atoms with E-state index in [2.05, 4.69) is 12.1 Å². The van der Waals surface area contributed by atoms with Gasteiger partial charge in [-0.1, -0.05) is 35.9 Å². The fraction of sp³-hybridized carbons (Fsp3) is 0.357. The number of nitrogens with zero attached hydrogens (tertiary/aromatic N) is 1. The van der Waals surface area contributed by atoms with Gasteiger partial charge in [0.2, 0.25) is 5.91 Å². The normalized spacial score (nSPS) is 11.3. The van der Waals surface area contributed by atoms with Crippen molar-refractivity contribution in [2.24, 2.45) is 0 Å². The fourth-order valence-corrected chi connectivity index (χ4v) is 1.40. The maximum atomic E-state index is 11.4. The Labute approximate surface area is 97.6 Å². The van der Waals surface area contributed by atoms with Gasteiger partial charge in [-0.3, -0.25) is 4.79 Å². The molecule has 1 rings (SSSR count). The third kappa shape index (κ3) is 4.30. The van der Waals surface area contributed by atoms with Crippen LogP contribution in [0.5, 0.6) is 0 Å². The molecule has 0 unspecified atom stereocenters. The standard InChI is InChI=1S/C14H19NO/c1-12(11-14(16)15(2)3)9-10-13-7-5-4-6-8-13/h4-8,11H,9-10H2,1-3H3/b12-11-. The van der Waals surface area contributed by atoms with Crippen LogP contribution in [0, 0.1) is 0 Å². The van der Waals surface area contributed by atoms with E-state index in [-0.39, 0.29) is 5.91 Å². The Morgan fingerprint density at radius 2 is 1.88 bits per heavy atom. The highest BCUT2D eigenvalue weighted by Crippen LogP contribution is 2.08.